The molecule has 19 heavy (non-hydrogen) atoms. The van der Waals surface area contributed by atoms with E-state index in [4.69, 9.17) is 0 Å². The van der Waals surface area contributed by atoms with Crippen LogP contribution in [0, 0.1) is 12.8 Å². The summed E-state index contributed by atoms with van der Waals surface area (Å²) >= 11 is 1.70. The van der Waals surface area contributed by atoms with Gasteiger partial charge in [-0.1, -0.05) is 13.8 Å². The van der Waals surface area contributed by atoms with E-state index >= 15 is 0 Å². The first-order valence-electron chi connectivity index (χ1n) is 6.41. The molecule has 0 aromatic carbocycles. The summed E-state index contributed by atoms with van der Waals surface area (Å²) in [5.41, 5.74) is 1.15. The van der Waals surface area contributed by atoms with Gasteiger partial charge in [0.15, 0.2) is 5.96 Å². The van der Waals surface area contributed by atoms with Gasteiger partial charge in [0, 0.05) is 31.4 Å². The van der Waals surface area contributed by atoms with E-state index in [1.807, 2.05) is 6.92 Å². The third-order valence-electron chi connectivity index (χ3n) is 2.93. The Morgan fingerprint density at radius 1 is 1.42 bits per heavy atom. The van der Waals surface area contributed by atoms with Crippen LogP contribution in [0.5, 0.6) is 0 Å². The second-order valence-electron chi connectivity index (χ2n) is 4.78. The molecule has 1 rings (SSSR count). The molecule has 110 valence electrons. The van der Waals surface area contributed by atoms with E-state index in [0.29, 0.717) is 12.0 Å². The zero-order valence-electron chi connectivity index (χ0n) is 12.4. The van der Waals surface area contributed by atoms with Crippen molar-refractivity contribution in [1.82, 2.24) is 15.6 Å². The molecule has 0 spiro atoms. The van der Waals surface area contributed by atoms with E-state index in [-0.39, 0.29) is 24.0 Å². The SMILES string of the molecule is CN=C(NCCc1csc(C)n1)NC(C)C(C)C.I. The lowest BCUT2D eigenvalue weighted by atomic mass is 10.1. The van der Waals surface area contributed by atoms with Gasteiger partial charge in [0.25, 0.3) is 0 Å². The molecule has 1 aromatic heterocycles. The van der Waals surface area contributed by atoms with Crippen molar-refractivity contribution in [1.29, 1.82) is 0 Å². The van der Waals surface area contributed by atoms with Gasteiger partial charge in [-0.25, -0.2) is 4.98 Å². The number of thiazole rings is 1. The molecule has 0 radical (unpaired) electrons. The van der Waals surface area contributed by atoms with Crippen molar-refractivity contribution in [2.24, 2.45) is 10.9 Å². The maximum atomic E-state index is 4.44. The van der Waals surface area contributed by atoms with Gasteiger partial charge in [0.1, 0.15) is 0 Å². The van der Waals surface area contributed by atoms with Crippen LogP contribution in [-0.4, -0.2) is 30.6 Å². The summed E-state index contributed by atoms with van der Waals surface area (Å²) in [6, 6.07) is 0.415. The van der Waals surface area contributed by atoms with Crippen molar-refractivity contribution < 1.29 is 0 Å². The first-order chi connectivity index (χ1) is 8.52. The van der Waals surface area contributed by atoms with E-state index in [1.165, 1.54) is 0 Å². The normalized spacial score (nSPS) is 13.1. The van der Waals surface area contributed by atoms with Crippen LogP contribution in [0.3, 0.4) is 0 Å². The summed E-state index contributed by atoms with van der Waals surface area (Å²) < 4.78 is 0. The summed E-state index contributed by atoms with van der Waals surface area (Å²) in [5, 5.41) is 9.94. The lowest BCUT2D eigenvalue weighted by molar-refractivity contribution is 0.481. The molecule has 0 aliphatic carbocycles. The fourth-order valence-electron chi connectivity index (χ4n) is 1.41. The van der Waals surface area contributed by atoms with Crippen LogP contribution in [-0.2, 0) is 6.42 Å². The fraction of sp³-hybridized carbons (Fsp3) is 0.692. The van der Waals surface area contributed by atoms with Gasteiger partial charge in [-0.05, 0) is 19.8 Å². The number of hydrogen-bond acceptors (Lipinski definition) is 3. The van der Waals surface area contributed by atoms with Crippen molar-refractivity contribution >= 4 is 41.3 Å². The molecular formula is C13H25IN4S. The molecular weight excluding hydrogens is 371 g/mol. The quantitative estimate of drug-likeness (QED) is 0.457. The highest BCUT2D eigenvalue weighted by Crippen LogP contribution is 2.07. The molecule has 1 heterocycles. The predicted molar refractivity (Wildman–Crippen MR) is 94.8 cm³/mol. The Hall–Kier alpha value is -0.370. The highest BCUT2D eigenvalue weighted by molar-refractivity contribution is 14.0. The molecule has 1 unspecified atom stereocenters. The number of aliphatic imine (C=N–C) groups is 1. The van der Waals surface area contributed by atoms with Crippen LogP contribution >= 0.6 is 35.3 Å². The molecule has 0 bridgehead atoms. The van der Waals surface area contributed by atoms with Crippen molar-refractivity contribution in [2.75, 3.05) is 13.6 Å². The highest BCUT2D eigenvalue weighted by Gasteiger charge is 2.08. The molecule has 6 heteroatoms. The topological polar surface area (TPSA) is 49.3 Å². The van der Waals surface area contributed by atoms with Crippen LogP contribution in [0.4, 0.5) is 0 Å². The minimum Gasteiger partial charge on any atom is -0.356 e. The van der Waals surface area contributed by atoms with Gasteiger partial charge in [0.2, 0.25) is 0 Å². The zero-order chi connectivity index (χ0) is 13.5. The summed E-state index contributed by atoms with van der Waals surface area (Å²) in [5.74, 6) is 1.45. The predicted octanol–water partition coefficient (Wildman–Crippen LogP) is 2.82. The largest absolute Gasteiger partial charge is 0.356 e. The maximum Gasteiger partial charge on any atom is 0.191 e. The number of guanidine groups is 1. The summed E-state index contributed by atoms with van der Waals surface area (Å²) in [6.07, 6.45) is 0.932. The van der Waals surface area contributed by atoms with E-state index < -0.39 is 0 Å². The Kier molecular flexibility index (Phi) is 9.34. The molecule has 1 atom stereocenters. The van der Waals surface area contributed by atoms with Gasteiger partial charge in [-0.15, -0.1) is 35.3 Å². The summed E-state index contributed by atoms with van der Waals surface area (Å²) in [4.78, 5) is 8.66. The summed E-state index contributed by atoms with van der Waals surface area (Å²) in [6.45, 7) is 9.45. The Balaban J connectivity index is 0.00000324. The van der Waals surface area contributed by atoms with Gasteiger partial charge in [0.05, 0.1) is 10.7 Å². The fourth-order valence-corrected chi connectivity index (χ4v) is 2.06. The molecule has 0 amide bonds. The number of aryl methyl sites for hydroxylation is 1. The number of rotatable bonds is 5. The van der Waals surface area contributed by atoms with Crippen molar-refractivity contribution in [3.8, 4) is 0 Å². The number of hydrogen-bond donors (Lipinski definition) is 2. The van der Waals surface area contributed by atoms with Crippen LogP contribution in [0.25, 0.3) is 0 Å². The lowest BCUT2D eigenvalue weighted by Gasteiger charge is -2.20. The minimum atomic E-state index is 0. The molecule has 4 nitrogen and oxygen atoms in total. The molecule has 0 saturated heterocycles. The minimum absolute atomic E-state index is 0. The first-order valence-corrected chi connectivity index (χ1v) is 7.29. The Bertz CT molecular complexity index is 390. The van der Waals surface area contributed by atoms with Crippen LogP contribution in [0.2, 0.25) is 0 Å². The summed E-state index contributed by atoms with van der Waals surface area (Å²) in [7, 11) is 1.80. The second-order valence-corrected chi connectivity index (χ2v) is 5.85. The van der Waals surface area contributed by atoms with Crippen molar-refractivity contribution in [3.63, 3.8) is 0 Å². The molecule has 0 aliphatic rings. The maximum absolute atomic E-state index is 4.44. The number of nitrogens with zero attached hydrogens (tertiary/aromatic N) is 2. The van der Waals surface area contributed by atoms with Crippen LogP contribution in [0.1, 0.15) is 31.5 Å². The number of nitrogens with one attached hydrogen (secondary N) is 2. The van der Waals surface area contributed by atoms with Crippen molar-refractivity contribution in [3.05, 3.63) is 16.1 Å². The average Bonchev–Trinajstić information content (AvgIpc) is 2.73. The lowest BCUT2D eigenvalue weighted by Crippen LogP contribution is -2.44. The van der Waals surface area contributed by atoms with E-state index in [0.717, 1.165) is 29.6 Å². The Morgan fingerprint density at radius 3 is 2.58 bits per heavy atom. The smallest absolute Gasteiger partial charge is 0.191 e. The average molecular weight is 396 g/mol. The second kappa shape index (κ2) is 9.52. The van der Waals surface area contributed by atoms with E-state index in [1.54, 1.807) is 18.4 Å². The van der Waals surface area contributed by atoms with Gasteiger partial charge >= 0.3 is 0 Å². The molecule has 2 N–H and O–H groups in total. The Labute approximate surface area is 137 Å². The molecule has 0 saturated carbocycles. The number of halogens is 1. The van der Waals surface area contributed by atoms with Crippen LogP contribution < -0.4 is 10.6 Å². The van der Waals surface area contributed by atoms with Crippen molar-refractivity contribution in [2.45, 2.75) is 40.2 Å². The van der Waals surface area contributed by atoms with Gasteiger partial charge in [-0.3, -0.25) is 4.99 Å². The third-order valence-corrected chi connectivity index (χ3v) is 3.75. The van der Waals surface area contributed by atoms with Crippen LogP contribution in [0.15, 0.2) is 10.4 Å². The van der Waals surface area contributed by atoms with E-state index in [9.17, 15) is 0 Å². The zero-order valence-corrected chi connectivity index (χ0v) is 15.5. The molecule has 1 aromatic rings. The Morgan fingerprint density at radius 2 is 2.11 bits per heavy atom. The number of aromatic nitrogens is 1. The van der Waals surface area contributed by atoms with E-state index in [2.05, 4.69) is 46.8 Å². The standard InChI is InChI=1S/C13H24N4S.HI/c1-9(2)10(3)16-13(14-5)15-7-6-12-8-18-11(4)17-12;/h8-10H,6-7H2,1-5H3,(H2,14,15,16);1H. The molecule has 0 aliphatic heterocycles. The highest BCUT2D eigenvalue weighted by atomic mass is 127. The van der Waals surface area contributed by atoms with Gasteiger partial charge < -0.3 is 10.6 Å². The van der Waals surface area contributed by atoms with Gasteiger partial charge in [-0.2, -0.15) is 0 Å². The third kappa shape index (κ3) is 7.10. The monoisotopic (exact) mass is 396 g/mol. The first kappa shape index (κ1) is 18.6. The molecule has 0 fully saturated rings.